The summed E-state index contributed by atoms with van der Waals surface area (Å²) in [5.74, 6) is 0. The molecule has 8 aromatic carbocycles. The topological polar surface area (TPSA) is 4.93 Å². The minimum atomic E-state index is 1.17. The lowest BCUT2D eigenvalue weighted by atomic mass is 9.88. The highest BCUT2D eigenvalue weighted by molar-refractivity contribution is 7.99. The van der Waals surface area contributed by atoms with Crippen LogP contribution in [-0.2, 0) is 0 Å². The van der Waals surface area contributed by atoms with Crippen LogP contribution in [0.5, 0.6) is 0 Å². The average Bonchev–Trinajstić information content (AvgIpc) is 3.50. The van der Waals surface area contributed by atoms with Crippen molar-refractivity contribution in [1.82, 2.24) is 4.57 Å². The van der Waals surface area contributed by atoms with Gasteiger partial charge in [0.15, 0.2) is 0 Å². The molecule has 0 radical (unpaired) electrons. The number of benzene rings is 8. The smallest absolute Gasteiger partial charge is 0.0619 e. The Morgan fingerprint density at radius 1 is 0.354 bits per heavy atom. The third-order valence-electron chi connectivity index (χ3n) is 9.82. The zero-order valence-corrected chi connectivity index (χ0v) is 26.9. The van der Waals surface area contributed by atoms with E-state index in [0.29, 0.717) is 0 Å². The van der Waals surface area contributed by atoms with Crippen LogP contribution in [0.4, 0.5) is 0 Å². The Kier molecular flexibility index (Phi) is 6.18. The molecule has 2 heterocycles. The highest BCUT2D eigenvalue weighted by atomic mass is 32.2. The lowest BCUT2D eigenvalue weighted by Crippen LogP contribution is -1.97. The molecule has 0 saturated heterocycles. The van der Waals surface area contributed by atoms with E-state index in [0.717, 1.165) is 0 Å². The Balaban J connectivity index is 1.21. The van der Waals surface area contributed by atoms with Gasteiger partial charge in [0, 0.05) is 37.2 Å². The molecule has 0 spiro atoms. The second-order valence-corrected chi connectivity index (χ2v) is 13.5. The monoisotopic (exact) mass is 627 g/mol. The number of nitrogens with zero attached hydrogens (tertiary/aromatic N) is 1. The molecule has 9 aromatic rings. The Bertz CT molecular complexity index is 2690. The molecule has 1 aliphatic heterocycles. The minimum absolute atomic E-state index is 1.17. The summed E-state index contributed by atoms with van der Waals surface area (Å²) in [4.78, 5) is 2.62. The molecule has 0 aliphatic carbocycles. The van der Waals surface area contributed by atoms with Crippen molar-refractivity contribution in [2.24, 2.45) is 0 Å². The number of fused-ring (bicyclic) bond motifs is 5. The quantitative estimate of drug-likeness (QED) is 0.188. The average molecular weight is 628 g/mol. The molecule has 0 saturated carbocycles. The molecule has 0 N–H and O–H groups in total. The van der Waals surface area contributed by atoms with Gasteiger partial charge >= 0.3 is 0 Å². The maximum atomic E-state index is 2.44. The first-order chi connectivity index (χ1) is 23.8. The Hall–Kier alpha value is -5.83. The van der Waals surface area contributed by atoms with Crippen LogP contribution in [-0.4, -0.2) is 4.57 Å². The van der Waals surface area contributed by atoms with Crippen LogP contribution in [0.2, 0.25) is 0 Å². The van der Waals surface area contributed by atoms with Gasteiger partial charge < -0.3 is 4.57 Å². The van der Waals surface area contributed by atoms with Crippen molar-refractivity contribution >= 4 is 44.3 Å². The number of rotatable bonds is 4. The molecular weight excluding hydrogens is 599 g/mol. The summed E-state index contributed by atoms with van der Waals surface area (Å²) in [6.07, 6.45) is 0. The third kappa shape index (κ3) is 4.13. The molecule has 1 nitrogen and oxygen atoms in total. The van der Waals surface area contributed by atoms with Crippen molar-refractivity contribution in [1.29, 1.82) is 0 Å². The zero-order valence-electron chi connectivity index (χ0n) is 26.1. The summed E-state index contributed by atoms with van der Waals surface area (Å²) in [6, 6.07) is 64.4. The van der Waals surface area contributed by atoms with Gasteiger partial charge in [-0.15, -0.1) is 0 Å². The second kappa shape index (κ2) is 10.9. The van der Waals surface area contributed by atoms with E-state index in [-0.39, 0.29) is 0 Å². The van der Waals surface area contributed by atoms with Gasteiger partial charge in [-0.25, -0.2) is 0 Å². The van der Waals surface area contributed by atoms with Crippen LogP contribution in [0, 0.1) is 0 Å². The lowest BCUT2D eigenvalue weighted by molar-refractivity contribution is 1.18. The molecule has 0 amide bonds. The van der Waals surface area contributed by atoms with Gasteiger partial charge in [-0.05, 0) is 80.7 Å². The molecule has 2 heteroatoms. The predicted octanol–water partition coefficient (Wildman–Crippen LogP) is 13.1. The van der Waals surface area contributed by atoms with Crippen LogP contribution in [0.15, 0.2) is 186 Å². The van der Waals surface area contributed by atoms with Crippen LogP contribution >= 0.6 is 11.8 Å². The fourth-order valence-electron chi connectivity index (χ4n) is 7.71. The van der Waals surface area contributed by atoms with Crippen LogP contribution < -0.4 is 0 Å². The maximum absolute atomic E-state index is 2.44. The number of para-hydroxylation sites is 3. The van der Waals surface area contributed by atoms with Crippen molar-refractivity contribution in [2.75, 3.05) is 0 Å². The van der Waals surface area contributed by atoms with E-state index in [1.807, 2.05) is 11.8 Å². The summed E-state index contributed by atoms with van der Waals surface area (Å²) >= 11 is 1.88. The first-order valence-electron chi connectivity index (χ1n) is 16.4. The standard InChI is InChI=1S/C46H29NS/c1-3-13-30(14-4-1)31-25-27-43-41(29-31)38-21-11-20-37-35(26-28-44(48-43)45(37)38)33-17-7-8-18-34(33)39-22-12-23-40-36-19-9-10-24-42(36)47(46(39)40)32-15-5-2-6-16-32/h1-29H. The SMILES string of the molecule is c1ccc(-c2ccc3c(c2)-c2cccc4c(-c5ccccc5-c5cccc6c7ccccc7n(-c7ccccc7)c56)ccc(c24)S3)cc1. The Morgan fingerprint density at radius 3 is 1.81 bits per heavy atom. The van der Waals surface area contributed by atoms with E-state index in [4.69, 9.17) is 0 Å². The van der Waals surface area contributed by atoms with E-state index >= 15 is 0 Å². The zero-order chi connectivity index (χ0) is 31.6. The number of hydrogen-bond donors (Lipinski definition) is 0. The molecule has 10 rings (SSSR count). The van der Waals surface area contributed by atoms with Crippen LogP contribution in [0.3, 0.4) is 0 Å². The second-order valence-electron chi connectivity index (χ2n) is 12.5. The van der Waals surface area contributed by atoms with Gasteiger partial charge in [0.1, 0.15) is 0 Å². The summed E-state index contributed by atoms with van der Waals surface area (Å²) in [7, 11) is 0. The molecule has 224 valence electrons. The van der Waals surface area contributed by atoms with E-state index in [9.17, 15) is 0 Å². The van der Waals surface area contributed by atoms with E-state index in [1.165, 1.54) is 92.6 Å². The molecule has 1 aliphatic rings. The molecule has 48 heavy (non-hydrogen) atoms. The molecule has 0 fully saturated rings. The number of aromatic nitrogens is 1. The van der Waals surface area contributed by atoms with Gasteiger partial charge in [0.2, 0.25) is 0 Å². The molecule has 0 unspecified atom stereocenters. The summed E-state index contributed by atoms with van der Waals surface area (Å²) in [5.41, 5.74) is 13.7. The normalized spacial score (nSPS) is 12.1. The number of hydrogen-bond acceptors (Lipinski definition) is 1. The van der Waals surface area contributed by atoms with Gasteiger partial charge in [-0.1, -0.05) is 151 Å². The molecule has 0 atom stereocenters. The molecule has 1 aromatic heterocycles. The summed E-state index contributed by atoms with van der Waals surface area (Å²) in [6.45, 7) is 0. The third-order valence-corrected chi connectivity index (χ3v) is 11.0. The van der Waals surface area contributed by atoms with Gasteiger partial charge in [0.05, 0.1) is 11.0 Å². The van der Waals surface area contributed by atoms with Crippen molar-refractivity contribution in [2.45, 2.75) is 9.79 Å². The van der Waals surface area contributed by atoms with Gasteiger partial charge in [0.25, 0.3) is 0 Å². The first kappa shape index (κ1) is 27.3. The largest absolute Gasteiger partial charge is 0.309 e. The minimum Gasteiger partial charge on any atom is -0.309 e. The van der Waals surface area contributed by atoms with Crippen molar-refractivity contribution in [3.8, 4) is 50.2 Å². The van der Waals surface area contributed by atoms with Crippen LogP contribution in [0.25, 0.3) is 82.8 Å². The fourth-order valence-corrected chi connectivity index (χ4v) is 8.82. The van der Waals surface area contributed by atoms with E-state index in [2.05, 4.69) is 180 Å². The van der Waals surface area contributed by atoms with Crippen LogP contribution in [0.1, 0.15) is 0 Å². The van der Waals surface area contributed by atoms with Crippen molar-refractivity contribution in [3.63, 3.8) is 0 Å². The van der Waals surface area contributed by atoms with Crippen molar-refractivity contribution < 1.29 is 0 Å². The highest BCUT2D eigenvalue weighted by Gasteiger charge is 2.23. The van der Waals surface area contributed by atoms with Gasteiger partial charge in [-0.2, -0.15) is 0 Å². The molecular formula is C46H29NS. The molecule has 0 bridgehead atoms. The van der Waals surface area contributed by atoms with Gasteiger partial charge in [-0.3, -0.25) is 0 Å². The lowest BCUT2D eigenvalue weighted by Gasteiger charge is -2.23. The highest BCUT2D eigenvalue weighted by Crippen LogP contribution is 2.51. The summed E-state index contributed by atoms with van der Waals surface area (Å²) in [5, 5.41) is 5.16. The first-order valence-corrected chi connectivity index (χ1v) is 17.3. The predicted molar refractivity (Wildman–Crippen MR) is 204 cm³/mol. The maximum Gasteiger partial charge on any atom is 0.0619 e. The Morgan fingerprint density at radius 2 is 0.979 bits per heavy atom. The van der Waals surface area contributed by atoms with E-state index < -0.39 is 0 Å². The Labute approximate surface area is 283 Å². The van der Waals surface area contributed by atoms with Crippen molar-refractivity contribution in [3.05, 3.63) is 176 Å². The summed E-state index contributed by atoms with van der Waals surface area (Å²) < 4.78 is 2.44. The van der Waals surface area contributed by atoms with E-state index in [1.54, 1.807) is 0 Å². The fraction of sp³-hybridized carbons (Fsp3) is 0.